The minimum Gasteiger partial charge on any atom is -0.356 e. The number of aryl methyl sites for hydroxylation is 1. The minimum absolute atomic E-state index is 0. The lowest BCUT2D eigenvalue weighted by Gasteiger charge is -2.19. The molecule has 8 heteroatoms. The van der Waals surface area contributed by atoms with Crippen LogP contribution in [0.3, 0.4) is 0 Å². The van der Waals surface area contributed by atoms with Gasteiger partial charge in [0.2, 0.25) is 0 Å². The van der Waals surface area contributed by atoms with E-state index in [2.05, 4.69) is 45.2 Å². The summed E-state index contributed by atoms with van der Waals surface area (Å²) in [6.45, 7) is 5.54. The Bertz CT molecular complexity index is 668. The first-order chi connectivity index (χ1) is 13.0. The number of hydrogen-bond donors (Lipinski definition) is 3. The SMILES string of the molecule is CCC1(C)NC(=O)N(CCCNC(=NC)NCCCc2ccccc2)C1=O.I. The Hall–Kier alpha value is -1.84. The second-order valence-corrected chi connectivity index (χ2v) is 6.94. The Balaban J connectivity index is 0.00000392. The van der Waals surface area contributed by atoms with Gasteiger partial charge in [-0.25, -0.2) is 4.79 Å². The maximum Gasteiger partial charge on any atom is 0.325 e. The number of halogens is 1. The number of nitrogens with zero attached hydrogens (tertiary/aromatic N) is 2. The van der Waals surface area contributed by atoms with Crippen molar-refractivity contribution in [2.75, 3.05) is 26.7 Å². The average Bonchev–Trinajstić information content (AvgIpc) is 2.90. The van der Waals surface area contributed by atoms with Crippen LogP contribution in [0.5, 0.6) is 0 Å². The Kier molecular flexibility index (Phi) is 10.3. The van der Waals surface area contributed by atoms with Gasteiger partial charge in [0.15, 0.2) is 5.96 Å². The van der Waals surface area contributed by atoms with Crippen LogP contribution in [-0.4, -0.2) is 55.0 Å². The lowest BCUT2D eigenvalue weighted by molar-refractivity contribution is -0.130. The van der Waals surface area contributed by atoms with E-state index in [0.29, 0.717) is 25.9 Å². The van der Waals surface area contributed by atoms with Crippen LogP contribution in [0.25, 0.3) is 0 Å². The molecule has 3 N–H and O–H groups in total. The van der Waals surface area contributed by atoms with Gasteiger partial charge in [-0.05, 0) is 38.2 Å². The Morgan fingerprint density at radius 2 is 1.79 bits per heavy atom. The molecule has 1 aromatic carbocycles. The van der Waals surface area contributed by atoms with E-state index in [4.69, 9.17) is 0 Å². The van der Waals surface area contributed by atoms with Crippen molar-refractivity contribution in [3.8, 4) is 0 Å². The monoisotopic (exact) mass is 501 g/mol. The van der Waals surface area contributed by atoms with Crippen LogP contribution in [0.1, 0.15) is 38.7 Å². The molecule has 0 aliphatic carbocycles. The van der Waals surface area contributed by atoms with Crippen LogP contribution in [0.2, 0.25) is 0 Å². The predicted molar refractivity (Wildman–Crippen MR) is 123 cm³/mol. The maximum absolute atomic E-state index is 12.3. The standard InChI is InChI=1S/C20H31N5O2.HI/c1-4-20(2)17(26)25(19(27)24-20)15-9-14-23-18(21-3)22-13-8-12-16-10-6-5-7-11-16;/h5-7,10-11H,4,8-9,12-15H2,1-3H3,(H,24,27)(H2,21,22,23);1H. The molecular formula is C20H32IN5O2. The highest BCUT2D eigenvalue weighted by atomic mass is 127. The molecule has 0 bridgehead atoms. The summed E-state index contributed by atoms with van der Waals surface area (Å²) in [6, 6.07) is 10.1. The number of aliphatic imine (C=N–C) groups is 1. The van der Waals surface area contributed by atoms with Gasteiger partial charge >= 0.3 is 6.03 Å². The van der Waals surface area contributed by atoms with E-state index in [-0.39, 0.29) is 35.9 Å². The first-order valence-electron chi connectivity index (χ1n) is 9.62. The molecule has 1 saturated heterocycles. The van der Waals surface area contributed by atoms with Crippen molar-refractivity contribution in [1.29, 1.82) is 0 Å². The molecule has 0 saturated carbocycles. The number of urea groups is 1. The molecule has 1 unspecified atom stereocenters. The van der Waals surface area contributed by atoms with E-state index in [1.54, 1.807) is 14.0 Å². The van der Waals surface area contributed by atoms with Gasteiger partial charge in [0.05, 0.1) is 0 Å². The number of amides is 3. The van der Waals surface area contributed by atoms with E-state index in [9.17, 15) is 9.59 Å². The van der Waals surface area contributed by atoms with E-state index < -0.39 is 5.54 Å². The van der Waals surface area contributed by atoms with Gasteiger partial charge in [0.25, 0.3) is 5.91 Å². The number of rotatable bonds is 9. The zero-order valence-corrected chi connectivity index (χ0v) is 19.3. The summed E-state index contributed by atoms with van der Waals surface area (Å²) in [4.78, 5) is 29.8. The summed E-state index contributed by atoms with van der Waals surface area (Å²) in [6.07, 6.45) is 3.30. The van der Waals surface area contributed by atoms with Crippen molar-refractivity contribution in [1.82, 2.24) is 20.9 Å². The number of hydrogen-bond acceptors (Lipinski definition) is 3. The third kappa shape index (κ3) is 6.65. The van der Waals surface area contributed by atoms with Crippen molar-refractivity contribution in [3.05, 3.63) is 35.9 Å². The minimum atomic E-state index is -0.763. The molecule has 1 aliphatic heterocycles. The fourth-order valence-electron chi connectivity index (χ4n) is 3.00. The van der Waals surface area contributed by atoms with Gasteiger partial charge in [0, 0.05) is 26.7 Å². The van der Waals surface area contributed by atoms with Crippen LogP contribution in [0.4, 0.5) is 4.79 Å². The second kappa shape index (κ2) is 11.9. The molecule has 1 atom stereocenters. The summed E-state index contributed by atoms with van der Waals surface area (Å²) in [5, 5.41) is 9.28. The Morgan fingerprint density at radius 3 is 2.36 bits per heavy atom. The van der Waals surface area contributed by atoms with Gasteiger partial charge in [-0.1, -0.05) is 37.3 Å². The number of nitrogens with one attached hydrogen (secondary N) is 3. The highest BCUT2D eigenvalue weighted by Crippen LogP contribution is 2.20. The molecule has 28 heavy (non-hydrogen) atoms. The fraction of sp³-hybridized carbons (Fsp3) is 0.550. The van der Waals surface area contributed by atoms with Crippen molar-refractivity contribution >= 4 is 41.9 Å². The highest BCUT2D eigenvalue weighted by molar-refractivity contribution is 14.0. The zero-order chi connectivity index (χ0) is 19.7. The Labute approximate surface area is 184 Å². The van der Waals surface area contributed by atoms with Crippen molar-refractivity contribution in [2.45, 2.75) is 45.1 Å². The second-order valence-electron chi connectivity index (χ2n) is 6.94. The topological polar surface area (TPSA) is 85.8 Å². The van der Waals surface area contributed by atoms with E-state index >= 15 is 0 Å². The van der Waals surface area contributed by atoms with Gasteiger partial charge in [-0.15, -0.1) is 24.0 Å². The normalized spacial score (nSPS) is 19.2. The third-order valence-corrected chi connectivity index (χ3v) is 4.90. The van der Waals surface area contributed by atoms with Crippen LogP contribution in [0.15, 0.2) is 35.3 Å². The highest BCUT2D eigenvalue weighted by Gasteiger charge is 2.45. The number of guanidine groups is 1. The zero-order valence-electron chi connectivity index (χ0n) is 17.0. The van der Waals surface area contributed by atoms with Crippen molar-refractivity contribution < 1.29 is 9.59 Å². The number of benzene rings is 1. The molecule has 1 heterocycles. The van der Waals surface area contributed by atoms with Crippen LogP contribution < -0.4 is 16.0 Å². The maximum atomic E-state index is 12.3. The predicted octanol–water partition coefficient (Wildman–Crippen LogP) is 2.51. The third-order valence-electron chi connectivity index (χ3n) is 4.90. The van der Waals surface area contributed by atoms with E-state index in [0.717, 1.165) is 25.3 Å². The molecule has 2 rings (SSSR count). The van der Waals surface area contributed by atoms with Crippen LogP contribution >= 0.6 is 24.0 Å². The van der Waals surface area contributed by atoms with Gasteiger partial charge in [-0.2, -0.15) is 0 Å². The molecule has 0 aromatic heterocycles. The summed E-state index contributed by atoms with van der Waals surface area (Å²) < 4.78 is 0. The summed E-state index contributed by atoms with van der Waals surface area (Å²) in [5.74, 6) is 0.595. The molecule has 1 fully saturated rings. The van der Waals surface area contributed by atoms with Crippen LogP contribution in [-0.2, 0) is 11.2 Å². The fourth-order valence-corrected chi connectivity index (χ4v) is 3.00. The first-order valence-corrected chi connectivity index (χ1v) is 9.62. The van der Waals surface area contributed by atoms with Crippen molar-refractivity contribution in [3.63, 3.8) is 0 Å². The lowest BCUT2D eigenvalue weighted by Crippen LogP contribution is -2.43. The number of carbonyl (C=O) groups excluding carboxylic acids is 2. The van der Waals surface area contributed by atoms with Gasteiger partial charge in [0.1, 0.15) is 5.54 Å². The molecular weight excluding hydrogens is 469 g/mol. The number of imide groups is 1. The summed E-state index contributed by atoms with van der Waals surface area (Å²) in [5.41, 5.74) is 0.566. The molecule has 3 amide bonds. The lowest BCUT2D eigenvalue weighted by atomic mass is 9.99. The summed E-state index contributed by atoms with van der Waals surface area (Å²) in [7, 11) is 1.73. The van der Waals surface area contributed by atoms with E-state index in [1.807, 2.05) is 13.0 Å². The van der Waals surface area contributed by atoms with Gasteiger partial charge < -0.3 is 16.0 Å². The first kappa shape index (κ1) is 24.2. The largest absolute Gasteiger partial charge is 0.356 e. The van der Waals surface area contributed by atoms with E-state index in [1.165, 1.54) is 10.5 Å². The smallest absolute Gasteiger partial charge is 0.325 e. The Morgan fingerprint density at radius 1 is 1.14 bits per heavy atom. The van der Waals surface area contributed by atoms with Crippen LogP contribution in [0, 0.1) is 0 Å². The molecule has 7 nitrogen and oxygen atoms in total. The van der Waals surface area contributed by atoms with Crippen molar-refractivity contribution in [2.24, 2.45) is 4.99 Å². The number of carbonyl (C=O) groups is 2. The molecule has 156 valence electrons. The molecule has 1 aliphatic rings. The summed E-state index contributed by atoms with van der Waals surface area (Å²) >= 11 is 0. The average molecular weight is 501 g/mol. The van der Waals surface area contributed by atoms with Gasteiger partial charge in [-0.3, -0.25) is 14.7 Å². The molecule has 0 spiro atoms. The molecule has 0 radical (unpaired) electrons. The quantitative estimate of drug-likeness (QED) is 0.160. The molecule has 1 aromatic rings.